The van der Waals surface area contributed by atoms with Crippen LogP contribution < -0.4 is 0 Å². The van der Waals surface area contributed by atoms with E-state index in [1.54, 1.807) is 0 Å². The van der Waals surface area contributed by atoms with Crippen LogP contribution in [0.5, 0.6) is 0 Å². The Labute approximate surface area is 372 Å². The molecule has 0 aliphatic carbocycles. The third-order valence-corrected chi connectivity index (χ3v) is 9.27. The number of carbonyl (C=O) groups excluding carboxylic acids is 1. The predicted octanol–water partition coefficient (Wildman–Crippen LogP) is 9.18. The summed E-state index contributed by atoms with van der Waals surface area (Å²) in [4.78, 5) is 12.8. The van der Waals surface area contributed by atoms with Crippen LogP contribution in [0.3, 0.4) is 0 Å². The van der Waals surface area contributed by atoms with Crippen LogP contribution in [0.25, 0.3) is 0 Å². The van der Waals surface area contributed by atoms with Gasteiger partial charge in [-0.05, 0) is 83.5 Å². The highest BCUT2D eigenvalue weighted by atomic mass is 32.3. The van der Waals surface area contributed by atoms with E-state index in [4.69, 9.17) is 23.5 Å². The highest BCUT2D eigenvalue weighted by Gasteiger charge is 2.48. The van der Waals surface area contributed by atoms with Crippen molar-refractivity contribution >= 4 is 16.4 Å². The van der Waals surface area contributed by atoms with E-state index < -0.39 is 59.8 Å². The highest BCUT2D eigenvalue weighted by Crippen LogP contribution is 2.26. The molecule has 1 rings (SSSR count). The molecule has 0 bridgehead atoms. The summed E-state index contributed by atoms with van der Waals surface area (Å²) in [5.74, 6) is -0.513. The van der Waals surface area contributed by atoms with Gasteiger partial charge in [0.25, 0.3) is 0 Å². The summed E-state index contributed by atoms with van der Waals surface area (Å²) < 4.78 is 58.8. The van der Waals surface area contributed by atoms with Gasteiger partial charge in [-0.2, -0.15) is 8.42 Å². The summed E-state index contributed by atoms with van der Waals surface area (Å²) in [7, 11) is -5.09. The Morgan fingerprint density at radius 1 is 0.597 bits per heavy atom. The number of hydrogen-bond acceptors (Lipinski definition) is 11. The van der Waals surface area contributed by atoms with E-state index in [1.165, 1.54) is 0 Å². The van der Waals surface area contributed by atoms with E-state index >= 15 is 0 Å². The van der Waals surface area contributed by atoms with Crippen LogP contribution in [-0.2, 0) is 38.3 Å². The fraction of sp³-hybridized carbons (Fsp3) is 0.531. The maximum atomic E-state index is 12.8. The second-order valence-corrected chi connectivity index (χ2v) is 15.2. The Bertz CT molecular complexity index is 1580. The van der Waals surface area contributed by atoms with Gasteiger partial charge >= 0.3 is 16.4 Å². The minimum atomic E-state index is -5.09. The SMILES string of the molecule is CC/C=C\C/C=C\C/C=C\C/C=C\C/C=C\C/C=C\CCC(=O)OC(COCC/C=C\C/C=C\C/C=C\C/C=C\C/C=C\CC)COC1OC(CO)C(O)C(OS(=O)(=O)O)C1O. The molecule has 1 saturated heterocycles. The number of aliphatic hydroxyl groups is 3. The lowest BCUT2D eigenvalue weighted by Gasteiger charge is -2.41. The van der Waals surface area contributed by atoms with E-state index in [0.717, 1.165) is 70.6 Å². The molecule has 0 radical (unpaired) electrons. The van der Waals surface area contributed by atoms with Crippen molar-refractivity contribution in [3.8, 4) is 0 Å². The van der Waals surface area contributed by atoms with Crippen molar-refractivity contribution in [3.05, 3.63) is 134 Å². The minimum absolute atomic E-state index is 0.0594. The third kappa shape index (κ3) is 32.0. The molecule has 1 aliphatic heterocycles. The first-order valence-electron chi connectivity index (χ1n) is 21.9. The standard InChI is InChI=1S/C49H74O12S/c1-3-5-7-9-11-13-15-17-19-21-22-23-24-26-28-30-32-34-36-38-45(51)59-43(42-58-49-47(53)48(61-62(54,55)56)46(52)44(40-50)60-49)41-57-39-37-35-33-31-29-27-25-20-18-16-14-12-10-8-6-4-2/h5-8,11-14,17-20,22-23,26-29,32-35,43-44,46-50,52-53H,3-4,9-10,15-16,21,24-25,30-31,36-42H2,1-2H3,(H,54,55,56)/b7-5-,8-6-,13-11-,14-12-,19-17-,20-18-,23-22-,28-26-,29-27-,34-32-,35-33-. The van der Waals surface area contributed by atoms with Crippen LogP contribution in [0.15, 0.2) is 134 Å². The normalized spacial score (nSPS) is 21.3. The Kier molecular flexibility index (Phi) is 35.3. The fourth-order valence-corrected chi connectivity index (χ4v) is 6.09. The maximum Gasteiger partial charge on any atom is 0.397 e. The molecule has 62 heavy (non-hydrogen) atoms. The molecule has 12 nitrogen and oxygen atoms in total. The van der Waals surface area contributed by atoms with Crippen LogP contribution in [0, 0.1) is 0 Å². The van der Waals surface area contributed by atoms with Crippen molar-refractivity contribution in [3.63, 3.8) is 0 Å². The molecule has 13 heteroatoms. The number of hydrogen-bond donors (Lipinski definition) is 4. The van der Waals surface area contributed by atoms with Gasteiger partial charge in [0.05, 0.1) is 26.4 Å². The van der Waals surface area contributed by atoms with Crippen LogP contribution in [-0.4, -0.2) is 97.5 Å². The van der Waals surface area contributed by atoms with Crippen molar-refractivity contribution in [2.24, 2.45) is 0 Å². The van der Waals surface area contributed by atoms with Gasteiger partial charge in [-0.3, -0.25) is 9.35 Å². The number of esters is 1. The van der Waals surface area contributed by atoms with Crippen molar-refractivity contribution in [2.75, 3.05) is 26.4 Å². The van der Waals surface area contributed by atoms with Gasteiger partial charge < -0.3 is 34.3 Å². The molecule has 0 aromatic heterocycles. The number of aliphatic hydroxyl groups excluding tert-OH is 3. The lowest BCUT2D eigenvalue weighted by molar-refractivity contribution is -0.301. The molecular weight excluding hydrogens is 813 g/mol. The van der Waals surface area contributed by atoms with E-state index in [2.05, 4.69) is 127 Å². The average Bonchev–Trinajstić information content (AvgIpc) is 3.24. The average molecular weight is 887 g/mol. The highest BCUT2D eigenvalue weighted by molar-refractivity contribution is 7.80. The molecule has 4 N–H and O–H groups in total. The topological polar surface area (TPSA) is 178 Å². The predicted molar refractivity (Wildman–Crippen MR) is 247 cm³/mol. The molecule has 6 unspecified atom stereocenters. The molecule has 1 aliphatic rings. The van der Waals surface area contributed by atoms with Crippen molar-refractivity contribution < 1.29 is 56.2 Å². The zero-order valence-corrected chi connectivity index (χ0v) is 37.7. The maximum absolute atomic E-state index is 12.8. The lowest BCUT2D eigenvalue weighted by atomic mass is 9.99. The smallest absolute Gasteiger partial charge is 0.397 e. The quantitative estimate of drug-likeness (QED) is 0.0206. The van der Waals surface area contributed by atoms with Crippen LogP contribution in [0.2, 0.25) is 0 Å². The van der Waals surface area contributed by atoms with Gasteiger partial charge in [-0.25, -0.2) is 4.18 Å². The molecule has 0 saturated carbocycles. The summed E-state index contributed by atoms with van der Waals surface area (Å²) in [6.45, 7) is 3.40. The summed E-state index contributed by atoms with van der Waals surface area (Å²) in [6.07, 6.45) is 48.1. The van der Waals surface area contributed by atoms with Crippen LogP contribution in [0.1, 0.15) is 104 Å². The Morgan fingerprint density at radius 2 is 1.00 bits per heavy atom. The van der Waals surface area contributed by atoms with Gasteiger partial charge in [0.2, 0.25) is 0 Å². The van der Waals surface area contributed by atoms with Crippen LogP contribution in [0.4, 0.5) is 0 Å². The zero-order chi connectivity index (χ0) is 45.4. The van der Waals surface area contributed by atoms with Gasteiger partial charge in [0.15, 0.2) is 6.29 Å². The zero-order valence-electron chi connectivity index (χ0n) is 36.9. The van der Waals surface area contributed by atoms with E-state index in [0.29, 0.717) is 19.4 Å². The molecule has 0 aromatic rings. The van der Waals surface area contributed by atoms with Gasteiger partial charge in [-0.15, -0.1) is 0 Å². The third-order valence-electron chi connectivity index (χ3n) is 8.80. The van der Waals surface area contributed by atoms with Gasteiger partial charge in [0.1, 0.15) is 30.5 Å². The van der Waals surface area contributed by atoms with E-state index in [-0.39, 0.29) is 19.6 Å². The van der Waals surface area contributed by atoms with E-state index in [9.17, 15) is 28.5 Å². The largest absolute Gasteiger partial charge is 0.457 e. The first-order chi connectivity index (χ1) is 30.1. The van der Waals surface area contributed by atoms with Crippen molar-refractivity contribution in [2.45, 2.75) is 141 Å². The molecule has 6 atom stereocenters. The lowest BCUT2D eigenvalue weighted by Crippen LogP contribution is -2.60. The summed E-state index contributed by atoms with van der Waals surface area (Å²) >= 11 is 0. The number of carbonyl (C=O) groups is 1. The fourth-order valence-electron chi connectivity index (χ4n) is 5.58. The summed E-state index contributed by atoms with van der Waals surface area (Å²) in [5, 5.41) is 30.6. The molecule has 1 fully saturated rings. The van der Waals surface area contributed by atoms with Gasteiger partial charge in [0, 0.05) is 6.42 Å². The van der Waals surface area contributed by atoms with Crippen LogP contribution >= 0.6 is 0 Å². The second-order valence-electron chi connectivity index (χ2n) is 14.2. The number of allylic oxidation sites excluding steroid dienone is 21. The van der Waals surface area contributed by atoms with Crippen molar-refractivity contribution in [1.82, 2.24) is 0 Å². The monoisotopic (exact) mass is 886 g/mol. The van der Waals surface area contributed by atoms with Gasteiger partial charge in [-0.1, -0.05) is 148 Å². The first kappa shape index (κ1) is 56.3. The molecule has 348 valence electrons. The molecule has 0 spiro atoms. The molecular formula is C49H74O12S. The summed E-state index contributed by atoms with van der Waals surface area (Å²) in [5.41, 5.74) is 0. The number of rotatable bonds is 35. The molecule has 0 amide bonds. The Morgan fingerprint density at radius 3 is 1.40 bits per heavy atom. The van der Waals surface area contributed by atoms with Crippen molar-refractivity contribution in [1.29, 1.82) is 0 Å². The first-order valence-corrected chi connectivity index (χ1v) is 23.3. The second kappa shape index (κ2) is 38.9. The Balaban J connectivity index is 2.57. The van der Waals surface area contributed by atoms with E-state index in [1.807, 2.05) is 24.3 Å². The number of ether oxygens (including phenoxy) is 4. The molecule has 1 heterocycles. The Hall–Kier alpha value is -3.76. The summed E-state index contributed by atoms with van der Waals surface area (Å²) in [6, 6.07) is 0. The minimum Gasteiger partial charge on any atom is -0.457 e. The molecule has 0 aromatic carbocycles.